The lowest BCUT2D eigenvalue weighted by Crippen LogP contribution is -2.47. The molecule has 1 aliphatic heterocycles. The van der Waals surface area contributed by atoms with E-state index in [2.05, 4.69) is 29.2 Å². The Morgan fingerprint density at radius 1 is 1.22 bits per heavy atom. The predicted molar refractivity (Wildman–Crippen MR) is 105 cm³/mol. The average molecular weight is 387 g/mol. The number of aryl methyl sites for hydroxylation is 2. The lowest BCUT2D eigenvalue weighted by molar-refractivity contribution is -0.0629. The molecule has 2 aromatic rings. The van der Waals surface area contributed by atoms with Crippen LogP contribution in [0.4, 0.5) is 0 Å². The molecule has 0 N–H and O–H groups in total. The standard InChI is InChI=1S/C21H26N2O3S/c24-21(23-10-11-26-18(12-23)14-25-13-17-6-7-17)19-15-27-20(22-19)9-8-16-4-2-1-3-5-16/h1-5,15,17-18H,6-14H2. The third-order valence-corrected chi connectivity index (χ3v) is 5.93. The zero-order valence-electron chi connectivity index (χ0n) is 15.5. The minimum atomic E-state index is -0.0300. The highest BCUT2D eigenvalue weighted by Gasteiger charge is 2.27. The summed E-state index contributed by atoms with van der Waals surface area (Å²) in [6, 6.07) is 10.4. The van der Waals surface area contributed by atoms with Gasteiger partial charge in [0, 0.05) is 31.5 Å². The summed E-state index contributed by atoms with van der Waals surface area (Å²) in [7, 11) is 0. The fraction of sp³-hybridized carbons (Fsp3) is 0.524. The molecule has 6 heteroatoms. The van der Waals surface area contributed by atoms with Crippen LogP contribution in [-0.2, 0) is 22.3 Å². The number of carbonyl (C=O) groups is 1. The van der Waals surface area contributed by atoms with Gasteiger partial charge in [-0.25, -0.2) is 4.98 Å². The van der Waals surface area contributed by atoms with Gasteiger partial charge in [0.1, 0.15) is 5.69 Å². The van der Waals surface area contributed by atoms with E-state index in [0.717, 1.165) is 30.4 Å². The smallest absolute Gasteiger partial charge is 0.273 e. The Morgan fingerprint density at radius 3 is 2.89 bits per heavy atom. The summed E-state index contributed by atoms with van der Waals surface area (Å²) in [6.45, 7) is 3.16. The Balaban J connectivity index is 1.27. The van der Waals surface area contributed by atoms with E-state index in [-0.39, 0.29) is 12.0 Å². The maximum Gasteiger partial charge on any atom is 0.273 e. The Kier molecular flexibility index (Phi) is 6.17. The molecule has 1 amide bonds. The van der Waals surface area contributed by atoms with Crippen molar-refractivity contribution in [1.82, 2.24) is 9.88 Å². The molecule has 144 valence electrons. The molecule has 1 aromatic heterocycles. The number of amides is 1. The number of carbonyl (C=O) groups excluding carboxylic acids is 1. The molecule has 1 unspecified atom stereocenters. The Morgan fingerprint density at radius 2 is 2.07 bits per heavy atom. The number of nitrogens with zero attached hydrogens (tertiary/aromatic N) is 2. The highest BCUT2D eigenvalue weighted by atomic mass is 32.1. The number of benzene rings is 1. The number of morpholine rings is 1. The minimum absolute atomic E-state index is 0.00713. The number of ether oxygens (including phenoxy) is 2. The molecule has 1 aromatic carbocycles. The highest BCUT2D eigenvalue weighted by Crippen LogP contribution is 2.28. The zero-order valence-corrected chi connectivity index (χ0v) is 16.3. The van der Waals surface area contributed by atoms with Crippen LogP contribution in [0.3, 0.4) is 0 Å². The van der Waals surface area contributed by atoms with Crippen molar-refractivity contribution in [2.75, 3.05) is 32.9 Å². The summed E-state index contributed by atoms with van der Waals surface area (Å²) in [4.78, 5) is 19.2. The van der Waals surface area contributed by atoms with E-state index in [1.54, 1.807) is 11.3 Å². The zero-order chi connectivity index (χ0) is 18.5. The summed E-state index contributed by atoms with van der Waals surface area (Å²) >= 11 is 1.57. The molecule has 2 heterocycles. The molecule has 1 aliphatic carbocycles. The van der Waals surface area contributed by atoms with Crippen LogP contribution in [0.5, 0.6) is 0 Å². The maximum absolute atomic E-state index is 12.8. The quantitative estimate of drug-likeness (QED) is 0.699. The third kappa shape index (κ3) is 5.37. The molecule has 1 atom stereocenters. The molecule has 5 nitrogen and oxygen atoms in total. The second-order valence-electron chi connectivity index (χ2n) is 7.34. The summed E-state index contributed by atoms with van der Waals surface area (Å²) in [5.74, 6) is 0.753. The number of thiazole rings is 1. The lowest BCUT2D eigenvalue weighted by Gasteiger charge is -2.32. The normalized spacial score (nSPS) is 20.0. The SMILES string of the molecule is O=C(c1csc(CCc2ccccc2)n1)N1CCOC(COCC2CC2)C1. The monoisotopic (exact) mass is 386 g/mol. The molecule has 4 rings (SSSR count). The summed E-state index contributed by atoms with van der Waals surface area (Å²) in [5, 5.41) is 2.90. The van der Waals surface area contributed by atoms with Crippen molar-refractivity contribution in [1.29, 1.82) is 0 Å². The Labute approximate surface area is 164 Å². The number of aromatic nitrogens is 1. The van der Waals surface area contributed by atoms with E-state index in [4.69, 9.17) is 9.47 Å². The summed E-state index contributed by atoms with van der Waals surface area (Å²) < 4.78 is 11.5. The molecule has 2 aliphatic rings. The van der Waals surface area contributed by atoms with Gasteiger partial charge in [-0.05, 0) is 30.7 Å². The van der Waals surface area contributed by atoms with Crippen molar-refractivity contribution in [3.63, 3.8) is 0 Å². The second kappa shape index (κ2) is 8.95. The number of hydrogen-bond acceptors (Lipinski definition) is 5. The van der Waals surface area contributed by atoms with E-state index in [1.165, 1.54) is 18.4 Å². The van der Waals surface area contributed by atoms with Gasteiger partial charge in [-0.2, -0.15) is 0 Å². The Bertz CT molecular complexity index is 745. The van der Waals surface area contributed by atoms with Gasteiger partial charge in [0.15, 0.2) is 0 Å². The molecule has 0 bridgehead atoms. The van der Waals surface area contributed by atoms with Gasteiger partial charge in [0.25, 0.3) is 5.91 Å². The van der Waals surface area contributed by atoms with Gasteiger partial charge in [-0.1, -0.05) is 30.3 Å². The molecule has 27 heavy (non-hydrogen) atoms. The van der Waals surface area contributed by atoms with Gasteiger partial charge in [0.2, 0.25) is 0 Å². The minimum Gasteiger partial charge on any atom is -0.378 e. The van der Waals surface area contributed by atoms with Crippen molar-refractivity contribution in [2.24, 2.45) is 5.92 Å². The first-order chi connectivity index (χ1) is 13.3. The van der Waals surface area contributed by atoms with E-state index < -0.39 is 0 Å². The Hall–Kier alpha value is -1.76. The van der Waals surface area contributed by atoms with E-state index >= 15 is 0 Å². The van der Waals surface area contributed by atoms with Gasteiger partial charge >= 0.3 is 0 Å². The van der Waals surface area contributed by atoms with Gasteiger partial charge < -0.3 is 14.4 Å². The predicted octanol–water partition coefficient (Wildman–Crippen LogP) is 3.20. The maximum atomic E-state index is 12.8. The lowest BCUT2D eigenvalue weighted by atomic mass is 10.1. The van der Waals surface area contributed by atoms with Crippen molar-refractivity contribution >= 4 is 17.2 Å². The van der Waals surface area contributed by atoms with Crippen LogP contribution >= 0.6 is 11.3 Å². The first-order valence-corrected chi connectivity index (χ1v) is 10.6. The first-order valence-electron chi connectivity index (χ1n) is 9.75. The molecule has 1 saturated heterocycles. The van der Waals surface area contributed by atoms with Crippen LogP contribution in [0.2, 0.25) is 0 Å². The van der Waals surface area contributed by atoms with Gasteiger partial charge in [-0.15, -0.1) is 11.3 Å². The first kappa shape index (κ1) is 18.6. The van der Waals surface area contributed by atoms with Crippen LogP contribution in [-0.4, -0.2) is 54.8 Å². The van der Waals surface area contributed by atoms with Gasteiger partial charge in [-0.3, -0.25) is 4.79 Å². The van der Waals surface area contributed by atoms with Gasteiger partial charge in [0.05, 0.1) is 24.3 Å². The largest absolute Gasteiger partial charge is 0.378 e. The molecular formula is C21H26N2O3S. The molecule has 0 radical (unpaired) electrons. The van der Waals surface area contributed by atoms with Crippen LogP contribution < -0.4 is 0 Å². The fourth-order valence-corrected chi connectivity index (χ4v) is 4.01. The summed E-state index contributed by atoms with van der Waals surface area (Å²) in [5.41, 5.74) is 1.85. The molecule has 2 fully saturated rings. The fourth-order valence-electron chi connectivity index (χ4n) is 3.24. The topological polar surface area (TPSA) is 51.7 Å². The van der Waals surface area contributed by atoms with Crippen molar-refractivity contribution < 1.29 is 14.3 Å². The summed E-state index contributed by atoms with van der Waals surface area (Å²) in [6.07, 6.45) is 4.35. The van der Waals surface area contributed by atoms with Crippen LogP contribution in [0.1, 0.15) is 33.9 Å². The second-order valence-corrected chi connectivity index (χ2v) is 8.28. The molecule has 1 saturated carbocycles. The van der Waals surface area contributed by atoms with Crippen molar-refractivity contribution in [3.05, 3.63) is 52.0 Å². The third-order valence-electron chi connectivity index (χ3n) is 5.02. The molecular weight excluding hydrogens is 360 g/mol. The highest BCUT2D eigenvalue weighted by molar-refractivity contribution is 7.09. The van der Waals surface area contributed by atoms with Crippen LogP contribution in [0.15, 0.2) is 35.7 Å². The number of hydrogen-bond donors (Lipinski definition) is 0. The number of rotatable bonds is 8. The van der Waals surface area contributed by atoms with Crippen molar-refractivity contribution in [2.45, 2.75) is 31.8 Å². The van der Waals surface area contributed by atoms with Crippen LogP contribution in [0, 0.1) is 5.92 Å². The van der Waals surface area contributed by atoms with Crippen LogP contribution in [0.25, 0.3) is 0 Å². The van der Waals surface area contributed by atoms with E-state index in [0.29, 0.717) is 32.0 Å². The average Bonchev–Trinajstić information content (AvgIpc) is 3.41. The van der Waals surface area contributed by atoms with E-state index in [9.17, 15) is 4.79 Å². The van der Waals surface area contributed by atoms with Crippen molar-refractivity contribution in [3.8, 4) is 0 Å². The van der Waals surface area contributed by atoms with E-state index in [1.807, 2.05) is 16.3 Å². The molecule has 0 spiro atoms.